The fourth-order valence-electron chi connectivity index (χ4n) is 1.64. The lowest BCUT2D eigenvalue weighted by molar-refractivity contribution is -0.384. The van der Waals surface area contributed by atoms with E-state index in [0.29, 0.717) is 5.75 Å². The number of hydrogen-bond acceptors (Lipinski definition) is 5. The Labute approximate surface area is 128 Å². The predicted octanol–water partition coefficient (Wildman–Crippen LogP) is 3.90. The molecule has 110 valence electrons. The number of benzene rings is 1. The monoisotopic (exact) mass is 327 g/mol. The lowest BCUT2D eigenvalue weighted by atomic mass is 10.2. The molecule has 0 unspecified atom stereocenters. The van der Waals surface area contributed by atoms with Crippen LogP contribution in [0.3, 0.4) is 0 Å². The van der Waals surface area contributed by atoms with Crippen molar-refractivity contribution in [3.63, 3.8) is 0 Å². The van der Waals surface area contributed by atoms with E-state index in [2.05, 4.69) is 0 Å². The minimum absolute atomic E-state index is 0.118. The van der Waals surface area contributed by atoms with E-state index in [-0.39, 0.29) is 22.2 Å². The molecule has 1 N–H and O–H groups in total. The number of aryl methyl sites for hydroxylation is 1. The smallest absolute Gasteiger partial charge is 0.345 e. The topological polar surface area (TPSA) is 89.7 Å². The van der Waals surface area contributed by atoms with Crippen LogP contribution in [0.4, 0.5) is 5.69 Å². The van der Waals surface area contributed by atoms with Crippen molar-refractivity contribution in [2.45, 2.75) is 13.5 Å². The van der Waals surface area contributed by atoms with Gasteiger partial charge in [0.2, 0.25) is 0 Å². The molecule has 0 aliphatic rings. The Hall–Kier alpha value is -2.12. The highest BCUT2D eigenvalue weighted by atomic mass is 35.5. The molecule has 8 heteroatoms. The SMILES string of the molecule is Cc1sc(C(=O)O)cc1COc1ccc([N+](=O)[O-])cc1Cl. The number of carbonyl (C=O) groups is 1. The van der Waals surface area contributed by atoms with Gasteiger partial charge in [0.05, 0.1) is 9.95 Å². The van der Waals surface area contributed by atoms with Gasteiger partial charge in [0.25, 0.3) is 5.69 Å². The fraction of sp³-hybridized carbons (Fsp3) is 0.154. The lowest BCUT2D eigenvalue weighted by Gasteiger charge is -2.07. The summed E-state index contributed by atoms with van der Waals surface area (Å²) in [4.78, 5) is 22.0. The number of aromatic carboxylic acids is 1. The van der Waals surface area contributed by atoms with Gasteiger partial charge in [-0.05, 0) is 19.1 Å². The second-order valence-electron chi connectivity index (χ2n) is 4.16. The van der Waals surface area contributed by atoms with Crippen molar-refractivity contribution in [3.8, 4) is 5.75 Å². The molecule has 0 aliphatic carbocycles. The van der Waals surface area contributed by atoms with Crippen molar-refractivity contribution in [2.24, 2.45) is 0 Å². The van der Waals surface area contributed by atoms with Crippen LogP contribution in [-0.2, 0) is 6.61 Å². The number of thiophene rings is 1. The average Bonchev–Trinajstić information content (AvgIpc) is 2.79. The van der Waals surface area contributed by atoms with Gasteiger partial charge >= 0.3 is 5.97 Å². The van der Waals surface area contributed by atoms with Gasteiger partial charge in [-0.3, -0.25) is 10.1 Å². The van der Waals surface area contributed by atoms with Gasteiger partial charge < -0.3 is 9.84 Å². The average molecular weight is 328 g/mol. The lowest BCUT2D eigenvalue weighted by Crippen LogP contribution is -1.97. The van der Waals surface area contributed by atoms with E-state index in [1.165, 1.54) is 29.5 Å². The normalized spacial score (nSPS) is 10.4. The van der Waals surface area contributed by atoms with E-state index in [1.54, 1.807) is 13.0 Å². The Balaban J connectivity index is 2.13. The van der Waals surface area contributed by atoms with Gasteiger partial charge in [-0.1, -0.05) is 11.6 Å². The first-order valence-electron chi connectivity index (χ1n) is 5.78. The molecule has 0 bridgehead atoms. The van der Waals surface area contributed by atoms with Gasteiger partial charge in [-0.15, -0.1) is 11.3 Å². The number of hydrogen-bond donors (Lipinski definition) is 1. The maximum Gasteiger partial charge on any atom is 0.345 e. The molecule has 1 aromatic heterocycles. The van der Waals surface area contributed by atoms with Gasteiger partial charge in [-0.25, -0.2) is 4.79 Å². The van der Waals surface area contributed by atoms with Crippen molar-refractivity contribution >= 4 is 34.6 Å². The number of carboxylic acids is 1. The molecule has 21 heavy (non-hydrogen) atoms. The summed E-state index contributed by atoms with van der Waals surface area (Å²) in [5, 5.41) is 19.7. The Kier molecular flexibility index (Phi) is 4.44. The van der Waals surface area contributed by atoms with Gasteiger partial charge in [-0.2, -0.15) is 0 Å². The summed E-state index contributed by atoms with van der Waals surface area (Å²) in [7, 11) is 0. The summed E-state index contributed by atoms with van der Waals surface area (Å²) < 4.78 is 5.49. The first-order chi connectivity index (χ1) is 9.88. The first kappa shape index (κ1) is 15.3. The summed E-state index contributed by atoms with van der Waals surface area (Å²) in [6.45, 7) is 1.94. The first-order valence-corrected chi connectivity index (χ1v) is 6.97. The van der Waals surface area contributed by atoms with E-state index in [0.717, 1.165) is 10.4 Å². The van der Waals surface area contributed by atoms with Crippen LogP contribution in [-0.4, -0.2) is 16.0 Å². The molecule has 0 atom stereocenters. The summed E-state index contributed by atoms with van der Waals surface area (Å²) in [6.07, 6.45) is 0. The molecule has 2 rings (SSSR count). The third-order valence-electron chi connectivity index (χ3n) is 2.74. The van der Waals surface area contributed by atoms with Crippen LogP contribution in [0.15, 0.2) is 24.3 Å². The quantitative estimate of drug-likeness (QED) is 0.664. The Morgan fingerprint density at radius 1 is 1.48 bits per heavy atom. The van der Waals surface area contributed by atoms with Crippen molar-refractivity contribution in [2.75, 3.05) is 0 Å². The minimum Gasteiger partial charge on any atom is -0.487 e. The van der Waals surface area contributed by atoms with Gasteiger partial charge in [0.15, 0.2) is 0 Å². The molecule has 0 saturated carbocycles. The molecule has 0 aliphatic heterocycles. The molecule has 2 aromatic rings. The van der Waals surface area contributed by atoms with Gasteiger partial charge in [0, 0.05) is 22.6 Å². The van der Waals surface area contributed by atoms with E-state index in [1.807, 2.05) is 0 Å². The molecule has 0 amide bonds. The number of rotatable bonds is 5. The number of ether oxygens (including phenoxy) is 1. The number of nitrogens with zero attached hydrogens (tertiary/aromatic N) is 1. The molecule has 0 fully saturated rings. The third kappa shape index (κ3) is 3.50. The van der Waals surface area contributed by atoms with Crippen molar-refractivity contribution in [3.05, 3.63) is 54.7 Å². The van der Waals surface area contributed by atoms with Crippen LogP contribution in [0, 0.1) is 17.0 Å². The molecule has 0 saturated heterocycles. The van der Waals surface area contributed by atoms with E-state index in [9.17, 15) is 14.9 Å². The Morgan fingerprint density at radius 2 is 2.19 bits per heavy atom. The number of non-ortho nitro benzene ring substituents is 1. The predicted molar refractivity (Wildman–Crippen MR) is 78.5 cm³/mol. The van der Waals surface area contributed by atoms with Crippen LogP contribution in [0.1, 0.15) is 20.1 Å². The molecule has 1 aromatic carbocycles. The number of halogens is 1. The van der Waals surface area contributed by atoms with E-state index >= 15 is 0 Å². The molecular weight excluding hydrogens is 318 g/mol. The molecule has 1 heterocycles. The highest BCUT2D eigenvalue weighted by Crippen LogP contribution is 2.30. The summed E-state index contributed by atoms with van der Waals surface area (Å²) in [5.74, 6) is -0.674. The second-order valence-corrected chi connectivity index (χ2v) is 5.82. The van der Waals surface area contributed by atoms with Crippen LogP contribution >= 0.6 is 22.9 Å². The highest BCUT2D eigenvalue weighted by Gasteiger charge is 2.13. The summed E-state index contributed by atoms with van der Waals surface area (Å²) in [5.41, 5.74) is 0.624. The Morgan fingerprint density at radius 3 is 2.71 bits per heavy atom. The second kappa shape index (κ2) is 6.11. The number of nitro groups is 1. The van der Waals surface area contributed by atoms with Crippen LogP contribution in [0.5, 0.6) is 5.75 Å². The Bertz CT molecular complexity index is 713. The number of carboxylic acid groups (broad SMARTS) is 1. The summed E-state index contributed by atoms with van der Waals surface area (Å²) >= 11 is 7.08. The van der Waals surface area contributed by atoms with Gasteiger partial charge in [0.1, 0.15) is 17.2 Å². The minimum atomic E-state index is -0.984. The highest BCUT2D eigenvalue weighted by molar-refractivity contribution is 7.14. The molecular formula is C13H10ClNO5S. The van der Waals surface area contributed by atoms with Crippen molar-refractivity contribution < 1.29 is 19.6 Å². The van der Waals surface area contributed by atoms with Crippen LogP contribution < -0.4 is 4.74 Å². The number of nitro benzene ring substituents is 1. The third-order valence-corrected chi connectivity index (χ3v) is 4.12. The van der Waals surface area contributed by atoms with Crippen LogP contribution in [0.2, 0.25) is 5.02 Å². The molecule has 0 radical (unpaired) electrons. The fourth-order valence-corrected chi connectivity index (χ4v) is 2.74. The maximum atomic E-state index is 10.9. The maximum absolute atomic E-state index is 10.9. The zero-order valence-electron chi connectivity index (χ0n) is 10.8. The largest absolute Gasteiger partial charge is 0.487 e. The molecule has 6 nitrogen and oxygen atoms in total. The van der Waals surface area contributed by atoms with Crippen molar-refractivity contribution in [1.29, 1.82) is 0 Å². The van der Waals surface area contributed by atoms with E-state index in [4.69, 9.17) is 21.4 Å². The van der Waals surface area contributed by atoms with E-state index < -0.39 is 10.9 Å². The van der Waals surface area contributed by atoms with Crippen molar-refractivity contribution in [1.82, 2.24) is 0 Å². The standard InChI is InChI=1S/C13H10ClNO5S/c1-7-8(4-12(21-7)13(16)17)6-20-11-3-2-9(15(18)19)5-10(11)14/h2-5H,6H2,1H3,(H,16,17). The zero-order valence-corrected chi connectivity index (χ0v) is 12.4. The summed E-state index contributed by atoms with van der Waals surface area (Å²) in [6, 6.07) is 5.46. The molecule has 0 spiro atoms. The van der Waals surface area contributed by atoms with Crippen LogP contribution in [0.25, 0.3) is 0 Å². The zero-order chi connectivity index (χ0) is 15.6.